The SMILES string of the molecule is Cc1c(C#N)c([O-])[nH]c(=O)c1N=Nc1ccc(S(=O)(=O)O)cc1.[K+]. The summed E-state index contributed by atoms with van der Waals surface area (Å²) in [5, 5.41) is 27.7. The third kappa shape index (κ3) is 4.58. The minimum atomic E-state index is -4.31. The summed E-state index contributed by atoms with van der Waals surface area (Å²) >= 11 is 0. The van der Waals surface area contributed by atoms with E-state index in [4.69, 9.17) is 9.81 Å². The van der Waals surface area contributed by atoms with Gasteiger partial charge in [-0.15, -0.1) is 5.11 Å². The molecule has 0 bridgehead atoms. The Kier molecular flexibility index (Phi) is 6.99. The Labute approximate surface area is 179 Å². The predicted octanol–water partition coefficient (Wildman–Crippen LogP) is -1.71. The molecule has 2 aromatic rings. The number of H-pyrrole nitrogens is 1. The minimum Gasteiger partial charge on any atom is -0.859 e. The van der Waals surface area contributed by atoms with E-state index in [1.54, 1.807) is 6.07 Å². The number of benzene rings is 1. The van der Waals surface area contributed by atoms with Gasteiger partial charge in [0, 0.05) is 5.56 Å². The predicted molar refractivity (Wildman–Crippen MR) is 76.4 cm³/mol. The molecule has 0 aliphatic carbocycles. The summed E-state index contributed by atoms with van der Waals surface area (Å²) < 4.78 is 30.7. The van der Waals surface area contributed by atoms with Crippen LogP contribution in [0, 0.1) is 18.3 Å². The van der Waals surface area contributed by atoms with Gasteiger partial charge < -0.3 is 10.1 Å². The Morgan fingerprint density at radius 2 is 1.83 bits per heavy atom. The normalized spacial score (nSPS) is 11.0. The number of nitriles is 1. The Morgan fingerprint density at radius 1 is 1.25 bits per heavy atom. The first kappa shape index (κ1) is 20.7. The van der Waals surface area contributed by atoms with E-state index < -0.39 is 21.6 Å². The van der Waals surface area contributed by atoms with E-state index >= 15 is 0 Å². The van der Waals surface area contributed by atoms with Crippen molar-refractivity contribution in [3.05, 3.63) is 45.7 Å². The molecule has 1 aromatic carbocycles. The van der Waals surface area contributed by atoms with Crippen molar-refractivity contribution in [2.75, 3.05) is 0 Å². The molecule has 118 valence electrons. The van der Waals surface area contributed by atoms with E-state index in [1.807, 2.05) is 4.98 Å². The maximum atomic E-state index is 11.7. The Hall–Kier alpha value is -1.39. The molecule has 0 radical (unpaired) electrons. The molecule has 0 atom stereocenters. The van der Waals surface area contributed by atoms with Crippen molar-refractivity contribution in [3.63, 3.8) is 0 Å². The summed E-state index contributed by atoms with van der Waals surface area (Å²) in [4.78, 5) is 13.4. The van der Waals surface area contributed by atoms with Crippen LogP contribution in [0.4, 0.5) is 11.4 Å². The molecule has 0 saturated carbocycles. The van der Waals surface area contributed by atoms with Crippen LogP contribution in [0.25, 0.3) is 0 Å². The van der Waals surface area contributed by atoms with Crippen molar-refractivity contribution in [3.8, 4) is 11.9 Å². The molecule has 0 spiro atoms. The standard InChI is InChI=1S/C13H10N4O5S.K/c1-7-10(6-14)12(18)15-13(19)11(7)17-16-8-2-4-9(5-3-8)23(20,21)22;/h2-5H,1H3,(H2,15,18,19)(H,20,21,22);/q;+1/p-1. The number of azo groups is 1. The largest absolute Gasteiger partial charge is 1.00 e. The smallest absolute Gasteiger partial charge is 0.859 e. The van der Waals surface area contributed by atoms with Crippen LogP contribution in [0.15, 0.2) is 44.2 Å². The van der Waals surface area contributed by atoms with E-state index in [1.165, 1.54) is 19.1 Å². The summed E-state index contributed by atoms with van der Waals surface area (Å²) in [5.74, 6) is -0.800. The van der Waals surface area contributed by atoms with Gasteiger partial charge in [0.1, 0.15) is 6.07 Å². The number of nitrogens with zero attached hydrogens (tertiary/aromatic N) is 3. The average molecular weight is 372 g/mol. The molecule has 11 heteroatoms. The van der Waals surface area contributed by atoms with Crippen LogP contribution < -0.4 is 62.1 Å². The molecule has 1 heterocycles. The van der Waals surface area contributed by atoms with Gasteiger partial charge in [-0.2, -0.15) is 18.8 Å². The van der Waals surface area contributed by atoms with Gasteiger partial charge in [0.05, 0.1) is 16.1 Å². The molecule has 24 heavy (non-hydrogen) atoms. The molecular formula is C13H9KN4O5S. The molecule has 0 fully saturated rings. The van der Waals surface area contributed by atoms with Crippen molar-refractivity contribution < 1.29 is 69.5 Å². The quantitative estimate of drug-likeness (QED) is 0.371. The number of hydrogen-bond donors (Lipinski definition) is 2. The molecule has 0 saturated heterocycles. The van der Waals surface area contributed by atoms with Crippen molar-refractivity contribution >= 4 is 21.5 Å². The minimum absolute atomic E-state index is 0. The van der Waals surface area contributed by atoms with Crippen molar-refractivity contribution in [2.45, 2.75) is 11.8 Å². The fraction of sp³-hybridized carbons (Fsp3) is 0.0769. The van der Waals surface area contributed by atoms with E-state index in [-0.39, 0.29) is 78.8 Å². The maximum Gasteiger partial charge on any atom is 1.00 e. The Morgan fingerprint density at radius 3 is 2.33 bits per heavy atom. The number of rotatable bonds is 3. The molecule has 2 rings (SSSR count). The number of hydrogen-bond acceptors (Lipinski definition) is 7. The third-order valence-electron chi connectivity index (χ3n) is 2.91. The third-order valence-corrected chi connectivity index (χ3v) is 3.78. The van der Waals surface area contributed by atoms with Gasteiger partial charge in [-0.1, -0.05) is 0 Å². The van der Waals surface area contributed by atoms with Crippen LogP contribution in [-0.4, -0.2) is 18.0 Å². The Bertz CT molecular complexity index is 991. The molecular weight excluding hydrogens is 363 g/mol. The second-order valence-electron chi connectivity index (χ2n) is 4.41. The van der Waals surface area contributed by atoms with Crippen molar-refractivity contribution in [2.24, 2.45) is 10.2 Å². The summed E-state index contributed by atoms with van der Waals surface area (Å²) in [6.07, 6.45) is 0. The maximum absolute atomic E-state index is 11.7. The van der Waals surface area contributed by atoms with Gasteiger partial charge in [0.25, 0.3) is 15.7 Å². The van der Waals surface area contributed by atoms with Crippen LogP contribution in [0.3, 0.4) is 0 Å². The monoisotopic (exact) mass is 372 g/mol. The fourth-order valence-electron chi connectivity index (χ4n) is 1.73. The molecule has 0 aliphatic heterocycles. The van der Waals surface area contributed by atoms with E-state index in [0.717, 1.165) is 12.1 Å². The topological polar surface area (TPSA) is 159 Å². The van der Waals surface area contributed by atoms with Crippen LogP contribution in [0.2, 0.25) is 0 Å². The first-order valence-corrected chi connectivity index (χ1v) is 7.51. The van der Waals surface area contributed by atoms with Crippen LogP contribution in [0.1, 0.15) is 11.1 Å². The summed E-state index contributed by atoms with van der Waals surface area (Å²) in [7, 11) is -4.31. The van der Waals surface area contributed by atoms with Crippen molar-refractivity contribution in [1.82, 2.24) is 4.98 Å². The first-order chi connectivity index (χ1) is 10.7. The van der Waals surface area contributed by atoms with E-state index in [0.29, 0.717) is 0 Å². The average Bonchev–Trinajstić information content (AvgIpc) is 2.46. The zero-order valence-electron chi connectivity index (χ0n) is 12.6. The zero-order valence-corrected chi connectivity index (χ0v) is 16.6. The number of aromatic nitrogens is 1. The first-order valence-electron chi connectivity index (χ1n) is 6.07. The van der Waals surface area contributed by atoms with Crippen LogP contribution in [0.5, 0.6) is 5.88 Å². The zero-order chi connectivity index (χ0) is 17.2. The van der Waals surface area contributed by atoms with Gasteiger partial charge in [0.15, 0.2) is 5.69 Å². The molecule has 0 aliphatic rings. The van der Waals surface area contributed by atoms with Gasteiger partial charge >= 0.3 is 51.4 Å². The molecule has 2 N–H and O–H groups in total. The Balaban J connectivity index is 0.00000288. The second kappa shape index (κ2) is 8.12. The van der Waals surface area contributed by atoms with Gasteiger partial charge in [0.2, 0.25) is 0 Å². The number of aromatic amines is 1. The molecule has 9 nitrogen and oxygen atoms in total. The summed E-state index contributed by atoms with van der Waals surface area (Å²) in [5.41, 5.74) is -0.912. The second-order valence-corrected chi connectivity index (χ2v) is 5.83. The summed E-state index contributed by atoms with van der Waals surface area (Å²) in [6.45, 7) is 1.39. The van der Waals surface area contributed by atoms with E-state index in [9.17, 15) is 18.3 Å². The van der Waals surface area contributed by atoms with Crippen LogP contribution >= 0.6 is 0 Å². The molecule has 0 amide bonds. The van der Waals surface area contributed by atoms with Crippen molar-refractivity contribution in [1.29, 1.82) is 5.26 Å². The van der Waals surface area contributed by atoms with Gasteiger partial charge in [-0.3, -0.25) is 9.35 Å². The van der Waals surface area contributed by atoms with E-state index in [2.05, 4.69) is 10.2 Å². The fourth-order valence-corrected chi connectivity index (χ4v) is 2.21. The molecule has 1 aromatic heterocycles. The summed E-state index contributed by atoms with van der Waals surface area (Å²) in [6, 6.07) is 6.44. The number of nitrogens with one attached hydrogen (secondary N) is 1. The molecule has 0 unspecified atom stereocenters. The number of pyridine rings is 1. The van der Waals surface area contributed by atoms with Gasteiger partial charge in [-0.05, 0) is 37.1 Å². The van der Waals surface area contributed by atoms with Crippen LogP contribution in [-0.2, 0) is 10.1 Å². The van der Waals surface area contributed by atoms with Gasteiger partial charge in [-0.25, -0.2) is 0 Å².